The first-order chi connectivity index (χ1) is 13.9. The molecule has 2 heterocycles. The molecule has 0 saturated heterocycles. The highest BCUT2D eigenvalue weighted by atomic mass is 33.1. The second kappa shape index (κ2) is 9.20. The summed E-state index contributed by atoms with van der Waals surface area (Å²) < 4.78 is 0. The summed E-state index contributed by atoms with van der Waals surface area (Å²) in [5.41, 5.74) is 1.92. The Morgan fingerprint density at radius 1 is 0.500 bits per heavy atom. The van der Waals surface area contributed by atoms with Gasteiger partial charge in [-0.3, -0.25) is 0 Å². The summed E-state index contributed by atoms with van der Waals surface area (Å²) in [6.07, 6.45) is 6.86. The van der Waals surface area contributed by atoms with Crippen molar-refractivity contribution in [3.8, 4) is 0 Å². The Morgan fingerprint density at radius 2 is 0.893 bits per heavy atom. The summed E-state index contributed by atoms with van der Waals surface area (Å²) in [5.74, 6) is 1.15. The molecule has 6 nitrogen and oxygen atoms in total. The molecule has 0 radical (unpaired) electrons. The molecule has 0 saturated carbocycles. The first-order valence-electron chi connectivity index (χ1n) is 8.49. The maximum atomic E-state index is 4.23. The molecule has 2 N–H and O–H groups in total. The quantitative estimate of drug-likeness (QED) is 0.388. The van der Waals surface area contributed by atoms with E-state index in [1.165, 1.54) is 0 Å². The zero-order chi connectivity index (χ0) is 19.0. The van der Waals surface area contributed by atoms with Crippen LogP contribution in [0.2, 0.25) is 0 Å². The van der Waals surface area contributed by atoms with Crippen LogP contribution in [-0.4, -0.2) is 19.9 Å². The van der Waals surface area contributed by atoms with Crippen molar-refractivity contribution < 1.29 is 0 Å². The summed E-state index contributed by atoms with van der Waals surface area (Å²) >= 11 is 0. The highest BCUT2D eigenvalue weighted by Crippen LogP contribution is 2.44. The van der Waals surface area contributed by atoms with Crippen LogP contribution < -0.4 is 10.6 Å². The Kier molecular flexibility index (Phi) is 6.01. The minimum atomic E-state index is 0.573. The molecule has 0 aliphatic heterocycles. The molecular weight excluding hydrogens is 388 g/mol. The minimum Gasteiger partial charge on any atom is -0.323 e. The Bertz CT molecular complexity index is 946. The molecule has 138 valence electrons. The fourth-order valence-corrected chi connectivity index (χ4v) is 4.62. The van der Waals surface area contributed by atoms with Crippen molar-refractivity contribution in [2.45, 2.75) is 9.79 Å². The predicted octanol–water partition coefficient (Wildman–Crippen LogP) is 5.55. The highest BCUT2D eigenvalue weighted by molar-refractivity contribution is 8.76. The first-order valence-corrected chi connectivity index (χ1v) is 10.6. The molecule has 0 fully saturated rings. The lowest BCUT2D eigenvalue weighted by Crippen LogP contribution is -1.97. The van der Waals surface area contributed by atoms with Crippen molar-refractivity contribution in [3.05, 3.63) is 85.5 Å². The van der Waals surface area contributed by atoms with Gasteiger partial charge in [-0.25, -0.2) is 19.9 Å². The molecule has 0 unspecified atom stereocenters. The number of rotatable bonds is 7. The standard InChI is InChI=1S/C20H16N6S2/c1-3-9-17(15(7-1)25-19-21-11-5-12-22-19)27-28-18-10-4-2-8-16(18)26-20-23-13-6-14-24-20/h1-14H,(H,21,22,25)(H,23,24,26). The van der Waals surface area contributed by atoms with E-state index in [1.54, 1.807) is 58.5 Å². The van der Waals surface area contributed by atoms with Gasteiger partial charge in [0.15, 0.2) is 0 Å². The van der Waals surface area contributed by atoms with Crippen LogP contribution >= 0.6 is 21.6 Å². The zero-order valence-electron chi connectivity index (χ0n) is 14.7. The Labute approximate surface area is 170 Å². The van der Waals surface area contributed by atoms with Crippen molar-refractivity contribution in [3.63, 3.8) is 0 Å². The maximum Gasteiger partial charge on any atom is 0.227 e. The molecule has 2 aromatic heterocycles. The van der Waals surface area contributed by atoms with Crippen molar-refractivity contribution in [2.24, 2.45) is 0 Å². The molecule has 0 aliphatic rings. The van der Waals surface area contributed by atoms with E-state index in [-0.39, 0.29) is 0 Å². The second-order valence-corrected chi connectivity index (χ2v) is 7.77. The topological polar surface area (TPSA) is 75.6 Å². The van der Waals surface area contributed by atoms with E-state index >= 15 is 0 Å². The van der Waals surface area contributed by atoms with Gasteiger partial charge in [-0.15, -0.1) is 0 Å². The molecular formula is C20H16N6S2. The number of aromatic nitrogens is 4. The molecule has 28 heavy (non-hydrogen) atoms. The smallest absolute Gasteiger partial charge is 0.227 e. The van der Waals surface area contributed by atoms with Gasteiger partial charge in [-0.05, 0) is 36.4 Å². The van der Waals surface area contributed by atoms with Crippen LogP contribution in [0.4, 0.5) is 23.3 Å². The van der Waals surface area contributed by atoms with Crippen LogP contribution in [0.1, 0.15) is 0 Å². The first kappa shape index (κ1) is 18.3. The van der Waals surface area contributed by atoms with E-state index in [2.05, 4.69) is 42.7 Å². The summed E-state index contributed by atoms with van der Waals surface area (Å²) in [6, 6.07) is 19.8. The number of nitrogens with one attached hydrogen (secondary N) is 2. The number of hydrogen-bond acceptors (Lipinski definition) is 8. The van der Waals surface area contributed by atoms with E-state index in [0.717, 1.165) is 21.2 Å². The summed E-state index contributed by atoms with van der Waals surface area (Å²) in [5, 5.41) is 6.54. The fourth-order valence-electron chi connectivity index (χ4n) is 2.34. The van der Waals surface area contributed by atoms with E-state index in [4.69, 9.17) is 0 Å². The van der Waals surface area contributed by atoms with Gasteiger partial charge >= 0.3 is 0 Å². The number of para-hydroxylation sites is 2. The van der Waals surface area contributed by atoms with Gasteiger partial charge in [0.1, 0.15) is 0 Å². The van der Waals surface area contributed by atoms with Gasteiger partial charge in [0, 0.05) is 34.6 Å². The number of benzene rings is 2. The third-order valence-corrected chi connectivity index (χ3v) is 6.10. The molecule has 0 bridgehead atoms. The van der Waals surface area contributed by atoms with E-state index in [0.29, 0.717) is 11.9 Å². The predicted molar refractivity (Wildman–Crippen MR) is 115 cm³/mol. The van der Waals surface area contributed by atoms with Gasteiger partial charge in [-0.2, -0.15) is 0 Å². The largest absolute Gasteiger partial charge is 0.323 e. The van der Waals surface area contributed by atoms with E-state index in [9.17, 15) is 0 Å². The van der Waals surface area contributed by atoms with Crippen LogP contribution in [0.15, 0.2) is 95.2 Å². The third kappa shape index (κ3) is 4.79. The zero-order valence-corrected chi connectivity index (χ0v) is 16.3. The minimum absolute atomic E-state index is 0.573. The van der Waals surface area contributed by atoms with Crippen molar-refractivity contribution in [1.82, 2.24) is 19.9 Å². The Hall–Kier alpha value is -3.10. The molecule has 8 heteroatoms. The summed E-state index contributed by atoms with van der Waals surface area (Å²) in [4.78, 5) is 19.1. The van der Waals surface area contributed by atoms with E-state index in [1.807, 2.05) is 36.4 Å². The molecule has 0 atom stereocenters. The number of hydrogen-bond donors (Lipinski definition) is 2. The van der Waals surface area contributed by atoms with Gasteiger partial charge < -0.3 is 10.6 Å². The van der Waals surface area contributed by atoms with Crippen LogP contribution in [0.25, 0.3) is 0 Å². The van der Waals surface area contributed by atoms with E-state index < -0.39 is 0 Å². The number of nitrogens with zero attached hydrogens (tertiary/aromatic N) is 4. The summed E-state index contributed by atoms with van der Waals surface area (Å²) in [7, 11) is 3.32. The van der Waals surface area contributed by atoms with Crippen LogP contribution in [0.3, 0.4) is 0 Å². The van der Waals surface area contributed by atoms with Crippen molar-refractivity contribution >= 4 is 44.9 Å². The maximum absolute atomic E-state index is 4.23. The lowest BCUT2D eigenvalue weighted by atomic mass is 10.3. The lowest BCUT2D eigenvalue weighted by molar-refractivity contribution is 1.16. The van der Waals surface area contributed by atoms with Gasteiger partial charge in [0.2, 0.25) is 11.9 Å². The normalized spacial score (nSPS) is 10.4. The van der Waals surface area contributed by atoms with Gasteiger partial charge in [0.05, 0.1) is 11.4 Å². The third-order valence-electron chi connectivity index (χ3n) is 3.62. The highest BCUT2D eigenvalue weighted by Gasteiger charge is 2.09. The Balaban J connectivity index is 1.50. The molecule has 4 rings (SSSR count). The molecule has 4 aromatic rings. The Morgan fingerprint density at radius 3 is 1.32 bits per heavy atom. The molecule has 2 aromatic carbocycles. The van der Waals surface area contributed by atoms with Crippen molar-refractivity contribution in [2.75, 3.05) is 10.6 Å². The van der Waals surface area contributed by atoms with Gasteiger partial charge in [0.25, 0.3) is 0 Å². The fraction of sp³-hybridized carbons (Fsp3) is 0. The average Bonchev–Trinajstić information content (AvgIpc) is 2.76. The summed E-state index contributed by atoms with van der Waals surface area (Å²) in [6.45, 7) is 0. The van der Waals surface area contributed by atoms with Crippen molar-refractivity contribution in [1.29, 1.82) is 0 Å². The second-order valence-electron chi connectivity index (χ2n) is 5.55. The molecule has 0 spiro atoms. The number of anilines is 4. The lowest BCUT2D eigenvalue weighted by Gasteiger charge is -2.12. The SMILES string of the molecule is c1cnc(Nc2ccccc2SSc2ccccc2Nc2ncccn2)nc1. The van der Waals surface area contributed by atoms with Crippen LogP contribution in [0, 0.1) is 0 Å². The average molecular weight is 405 g/mol. The monoisotopic (exact) mass is 404 g/mol. The van der Waals surface area contributed by atoms with Gasteiger partial charge in [-0.1, -0.05) is 45.9 Å². The molecule has 0 aliphatic carbocycles. The van der Waals surface area contributed by atoms with Crippen LogP contribution in [0.5, 0.6) is 0 Å². The molecule has 0 amide bonds. The van der Waals surface area contributed by atoms with Crippen LogP contribution in [-0.2, 0) is 0 Å².